The van der Waals surface area contributed by atoms with E-state index >= 15 is 0 Å². The average molecular weight is 351 g/mol. The van der Waals surface area contributed by atoms with Gasteiger partial charge >= 0.3 is 6.03 Å². The highest BCUT2D eigenvalue weighted by Gasteiger charge is 2.24. The van der Waals surface area contributed by atoms with Gasteiger partial charge in [0, 0.05) is 29.2 Å². The van der Waals surface area contributed by atoms with Crippen molar-refractivity contribution in [2.24, 2.45) is 0 Å². The molecule has 0 bridgehead atoms. The molecule has 0 spiro atoms. The Morgan fingerprint density at radius 1 is 1.15 bits per heavy atom. The van der Waals surface area contributed by atoms with Crippen LogP contribution in [0.2, 0.25) is 0 Å². The van der Waals surface area contributed by atoms with Crippen molar-refractivity contribution < 1.29 is 14.3 Å². The first-order valence-corrected chi connectivity index (χ1v) is 8.56. The molecule has 0 unspecified atom stereocenters. The summed E-state index contributed by atoms with van der Waals surface area (Å²) in [5, 5.41) is 4.19. The van der Waals surface area contributed by atoms with Crippen LogP contribution in [0, 0.1) is 0 Å². The summed E-state index contributed by atoms with van der Waals surface area (Å²) < 4.78 is 10.5. The zero-order chi connectivity index (χ0) is 18.1. The van der Waals surface area contributed by atoms with Crippen molar-refractivity contribution in [3.63, 3.8) is 0 Å². The van der Waals surface area contributed by atoms with Gasteiger partial charge in [-0.2, -0.15) is 0 Å². The number of nitrogens with one attached hydrogen (secondary N) is 2. The second-order valence-corrected chi connectivity index (χ2v) is 6.30. The maximum atomic E-state index is 12.7. The molecule has 6 nitrogen and oxygen atoms in total. The number of para-hydroxylation sites is 1. The summed E-state index contributed by atoms with van der Waals surface area (Å²) >= 11 is 0. The van der Waals surface area contributed by atoms with E-state index < -0.39 is 0 Å². The zero-order valence-corrected chi connectivity index (χ0v) is 14.8. The maximum absolute atomic E-state index is 12.7. The summed E-state index contributed by atoms with van der Waals surface area (Å²) in [6.07, 6.45) is 0.840. The molecule has 6 heteroatoms. The molecule has 4 rings (SSSR count). The van der Waals surface area contributed by atoms with Gasteiger partial charge in [0.15, 0.2) is 0 Å². The lowest BCUT2D eigenvalue weighted by molar-refractivity contribution is 0.205. The van der Waals surface area contributed by atoms with Gasteiger partial charge in [0.1, 0.15) is 11.5 Å². The van der Waals surface area contributed by atoms with Crippen molar-refractivity contribution in [3.8, 4) is 11.5 Å². The van der Waals surface area contributed by atoms with E-state index in [2.05, 4.69) is 22.4 Å². The molecule has 2 aromatic carbocycles. The second kappa shape index (κ2) is 6.63. The Morgan fingerprint density at radius 2 is 2.00 bits per heavy atom. The average Bonchev–Trinajstić information content (AvgIpc) is 3.06. The van der Waals surface area contributed by atoms with E-state index in [1.807, 2.05) is 12.1 Å². The van der Waals surface area contributed by atoms with Crippen molar-refractivity contribution in [1.29, 1.82) is 0 Å². The van der Waals surface area contributed by atoms with Gasteiger partial charge in [0.05, 0.1) is 26.5 Å². The van der Waals surface area contributed by atoms with Crippen LogP contribution in [-0.4, -0.2) is 36.7 Å². The van der Waals surface area contributed by atoms with Gasteiger partial charge in [-0.25, -0.2) is 4.79 Å². The van der Waals surface area contributed by atoms with Crippen molar-refractivity contribution in [2.75, 3.05) is 26.1 Å². The van der Waals surface area contributed by atoms with Crippen molar-refractivity contribution in [1.82, 2.24) is 9.88 Å². The fourth-order valence-electron chi connectivity index (χ4n) is 3.46. The normalized spacial score (nSPS) is 13.4. The number of H-pyrrole nitrogens is 1. The number of hydrogen-bond acceptors (Lipinski definition) is 3. The fraction of sp³-hybridized carbons (Fsp3) is 0.250. The number of methoxy groups -OCH3 is 2. The topological polar surface area (TPSA) is 66.6 Å². The molecule has 2 amide bonds. The lowest BCUT2D eigenvalue weighted by atomic mass is 10.0. The van der Waals surface area contributed by atoms with Gasteiger partial charge in [0.25, 0.3) is 0 Å². The van der Waals surface area contributed by atoms with Crippen LogP contribution in [0.3, 0.4) is 0 Å². The monoisotopic (exact) mass is 351 g/mol. The highest BCUT2D eigenvalue weighted by atomic mass is 16.5. The van der Waals surface area contributed by atoms with Crippen LogP contribution >= 0.6 is 0 Å². The number of urea groups is 1. The summed E-state index contributed by atoms with van der Waals surface area (Å²) in [5.41, 5.74) is 4.17. The third-order valence-corrected chi connectivity index (χ3v) is 4.82. The number of rotatable bonds is 3. The molecule has 134 valence electrons. The number of ether oxygens (including phenoxy) is 2. The minimum atomic E-state index is -0.141. The Bertz CT molecular complexity index is 964. The molecule has 0 saturated carbocycles. The van der Waals surface area contributed by atoms with E-state index in [9.17, 15) is 4.79 Å². The first-order chi connectivity index (χ1) is 12.7. The van der Waals surface area contributed by atoms with E-state index in [4.69, 9.17) is 9.47 Å². The molecular weight excluding hydrogens is 330 g/mol. The molecule has 3 aromatic rings. The number of anilines is 1. The van der Waals surface area contributed by atoms with Crippen molar-refractivity contribution >= 4 is 22.6 Å². The molecule has 0 fully saturated rings. The zero-order valence-electron chi connectivity index (χ0n) is 14.8. The van der Waals surface area contributed by atoms with Crippen molar-refractivity contribution in [2.45, 2.75) is 13.0 Å². The molecule has 1 aliphatic rings. The molecule has 26 heavy (non-hydrogen) atoms. The Balaban J connectivity index is 1.53. The maximum Gasteiger partial charge on any atom is 0.322 e. The number of amides is 2. The number of fused-ring (bicyclic) bond motifs is 3. The number of benzene rings is 2. The third-order valence-electron chi connectivity index (χ3n) is 4.82. The van der Waals surface area contributed by atoms with Crippen molar-refractivity contribution in [3.05, 3.63) is 53.7 Å². The van der Waals surface area contributed by atoms with E-state index in [1.165, 1.54) is 10.9 Å². The number of nitrogens with zero attached hydrogens (tertiary/aromatic N) is 1. The SMILES string of the molecule is COc1ccc(NC(=O)N2CCc3c([nH]c4ccccc34)C2)c(OC)c1. The van der Waals surface area contributed by atoms with Gasteiger partial charge in [-0.3, -0.25) is 0 Å². The molecule has 0 atom stereocenters. The summed E-state index contributed by atoms with van der Waals surface area (Å²) in [6, 6.07) is 13.5. The van der Waals surface area contributed by atoms with Crippen LogP contribution in [0.25, 0.3) is 10.9 Å². The number of carbonyl (C=O) groups is 1. The highest BCUT2D eigenvalue weighted by Crippen LogP contribution is 2.31. The van der Waals surface area contributed by atoms with E-state index in [0.717, 1.165) is 17.6 Å². The number of aromatic nitrogens is 1. The minimum absolute atomic E-state index is 0.141. The molecule has 1 aliphatic heterocycles. The predicted molar refractivity (Wildman–Crippen MR) is 101 cm³/mol. The smallest absolute Gasteiger partial charge is 0.322 e. The number of hydrogen-bond donors (Lipinski definition) is 2. The standard InChI is InChI=1S/C20H21N3O3/c1-25-13-7-8-17(19(11-13)26-2)22-20(24)23-10-9-15-14-5-3-4-6-16(14)21-18(15)12-23/h3-8,11,21H,9-10,12H2,1-2H3,(H,22,24). The Hall–Kier alpha value is -3.15. The molecule has 2 heterocycles. The van der Waals surface area contributed by atoms with Gasteiger partial charge in [-0.05, 0) is 30.2 Å². The fourth-order valence-corrected chi connectivity index (χ4v) is 3.46. The van der Waals surface area contributed by atoms with Crippen LogP contribution in [0.5, 0.6) is 11.5 Å². The van der Waals surface area contributed by atoms with Gasteiger partial charge in [-0.15, -0.1) is 0 Å². The predicted octanol–water partition coefficient (Wildman–Crippen LogP) is 3.78. The van der Waals surface area contributed by atoms with Gasteiger partial charge in [0.2, 0.25) is 0 Å². The Kier molecular flexibility index (Phi) is 4.16. The molecule has 0 saturated heterocycles. The minimum Gasteiger partial charge on any atom is -0.497 e. The molecular formula is C20H21N3O3. The van der Waals surface area contributed by atoms with E-state index in [1.54, 1.807) is 37.3 Å². The third kappa shape index (κ3) is 2.83. The molecule has 0 radical (unpaired) electrons. The number of aromatic amines is 1. The largest absolute Gasteiger partial charge is 0.497 e. The van der Waals surface area contributed by atoms with Crippen LogP contribution in [-0.2, 0) is 13.0 Å². The second-order valence-electron chi connectivity index (χ2n) is 6.30. The first-order valence-electron chi connectivity index (χ1n) is 8.56. The quantitative estimate of drug-likeness (QED) is 0.755. The van der Waals surface area contributed by atoms with E-state index in [0.29, 0.717) is 30.3 Å². The lowest BCUT2D eigenvalue weighted by Crippen LogP contribution is -2.38. The summed E-state index contributed by atoms with van der Waals surface area (Å²) in [6.45, 7) is 1.24. The number of carbonyl (C=O) groups excluding carboxylic acids is 1. The molecule has 2 N–H and O–H groups in total. The van der Waals surface area contributed by atoms with Gasteiger partial charge < -0.3 is 24.7 Å². The Morgan fingerprint density at radius 3 is 2.81 bits per heavy atom. The van der Waals surface area contributed by atoms with Crippen LogP contribution in [0.1, 0.15) is 11.3 Å². The summed E-state index contributed by atoms with van der Waals surface area (Å²) in [4.78, 5) is 18.0. The summed E-state index contributed by atoms with van der Waals surface area (Å²) in [7, 11) is 3.17. The van der Waals surface area contributed by atoms with E-state index in [-0.39, 0.29) is 6.03 Å². The van der Waals surface area contributed by atoms with Crippen LogP contribution in [0.4, 0.5) is 10.5 Å². The lowest BCUT2D eigenvalue weighted by Gasteiger charge is -2.27. The van der Waals surface area contributed by atoms with Crippen LogP contribution < -0.4 is 14.8 Å². The highest BCUT2D eigenvalue weighted by molar-refractivity contribution is 5.92. The molecule has 0 aliphatic carbocycles. The first kappa shape index (κ1) is 16.3. The Labute approximate surface area is 151 Å². The molecule has 1 aromatic heterocycles. The van der Waals surface area contributed by atoms with Crippen LogP contribution in [0.15, 0.2) is 42.5 Å². The summed E-state index contributed by atoms with van der Waals surface area (Å²) in [5.74, 6) is 1.25. The van der Waals surface area contributed by atoms with Gasteiger partial charge in [-0.1, -0.05) is 18.2 Å².